The van der Waals surface area contributed by atoms with Crippen molar-refractivity contribution in [3.8, 4) is 0 Å². The van der Waals surface area contributed by atoms with Gasteiger partial charge in [-0.3, -0.25) is 9.59 Å². The number of likely N-dealkylation sites (tertiary alicyclic amines) is 1. The van der Waals surface area contributed by atoms with Crippen molar-refractivity contribution >= 4 is 17.5 Å². The van der Waals surface area contributed by atoms with Crippen molar-refractivity contribution in [3.05, 3.63) is 29.3 Å². The van der Waals surface area contributed by atoms with Gasteiger partial charge in [-0.15, -0.1) is 0 Å². The van der Waals surface area contributed by atoms with E-state index in [4.69, 9.17) is 0 Å². The molecule has 1 atom stereocenters. The highest BCUT2D eigenvalue weighted by Gasteiger charge is 2.33. The van der Waals surface area contributed by atoms with E-state index in [1.54, 1.807) is 18.0 Å². The Hall–Kier alpha value is -1.88. The maximum absolute atomic E-state index is 12.8. The predicted molar refractivity (Wildman–Crippen MR) is 88.5 cm³/mol. The average molecular weight is 316 g/mol. The van der Waals surface area contributed by atoms with E-state index in [1.807, 2.05) is 24.0 Å². The van der Waals surface area contributed by atoms with Gasteiger partial charge in [0.15, 0.2) is 0 Å². The first-order valence-electron chi connectivity index (χ1n) is 8.23. The number of amides is 2. The first-order valence-corrected chi connectivity index (χ1v) is 8.23. The van der Waals surface area contributed by atoms with Crippen LogP contribution in [0.4, 0.5) is 5.69 Å². The van der Waals surface area contributed by atoms with Gasteiger partial charge in [-0.25, -0.2) is 0 Å². The third-order valence-electron chi connectivity index (χ3n) is 5.12. The second-order valence-electron chi connectivity index (χ2n) is 7.10. The molecule has 5 heteroatoms. The van der Waals surface area contributed by atoms with Crippen LogP contribution in [0.3, 0.4) is 0 Å². The Morgan fingerprint density at radius 2 is 2.13 bits per heavy atom. The third kappa shape index (κ3) is 2.98. The Balaban J connectivity index is 1.82. The first kappa shape index (κ1) is 16.0. The normalized spacial score (nSPS) is 24.6. The lowest BCUT2D eigenvalue weighted by molar-refractivity contribution is -0.118. The Morgan fingerprint density at radius 1 is 1.35 bits per heavy atom. The summed E-state index contributed by atoms with van der Waals surface area (Å²) >= 11 is 0. The number of piperidine rings is 1. The number of fused-ring (bicyclic) bond motifs is 1. The number of hydrogen-bond donors (Lipinski definition) is 1. The van der Waals surface area contributed by atoms with Crippen molar-refractivity contribution in [1.82, 2.24) is 4.90 Å². The van der Waals surface area contributed by atoms with Crippen LogP contribution in [0.25, 0.3) is 0 Å². The summed E-state index contributed by atoms with van der Waals surface area (Å²) in [5.74, 6) is 0.137. The van der Waals surface area contributed by atoms with Gasteiger partial charge in [0.1, 0.15) is 0 Å². The molecule has 0 radical (unpaired) electrons. The van der Waals surface area contributed by atoms with Crippen LogP contribution in [0, 0.1) is 5.41 Å². The van der Waals surface area contributed by atoms with Crippen molar-refractivity contribution in [2.24, 2.45) is 5.41 Å². The fraction of sp³-hybridized carbons (Fsp3) is 0.556. The van der Waals surface area contributed by atoms with Gasteiger partial charge in [0.05, 0.1) is 6.61 Å². The monoisotopic (exact) mass is 316 g/mol. The number of aryl methyl sites for hydroxylation is 1. The molecule has 1 unspecified atom stereocenters. The SMILES string of the molecule is CN1C(=O)CCc2cc(C(=O)N3CCCC(C)(CO)C3)ccc21. The number of anilines is 1. The summed E-state index contributed by atoms with van der Waals surface area (Å²) in [5, 5.41) is 9.56. The molecule has 1 saturated heterocycles. The van der Waals surface area contributed by atoms with Gasteiger partial charge in [-0.05, 0) is 43.0 Å². The fourth-order valence-corrected chi connectivity index (χ4v) is 3.59. The van der Waals surface area contributed by atoms with Crippen LogP contribution in [-0.2, 0) is 11.2 Å². The fourth-order valence-electron chi connectivity index (χ4n) is 3.59. The molecule has 0 aromatic heterocycles. The molecule has 124 valence electrons. The molecule has 1 N–H and O–H groups in total. The van der Waals surface area contributed by atoms with Gasteiger partial charge in [-0.2, -0.15) is 0 Å². The van der Waals surface area contributed by atoms with Crippen molar-refractivity contribution in [2.45, 2.75) is 32.6 Å². The molecule has 2 heterocycles. The van der Waals surface area contributed by atoms with E-state index in [0.29, 0.717) is 24.9 Å². The predicted octanol–water partition coefficient (Wildman–Crippen LogP) is 1.83. The maximum Gasteiger partial charge on any atom is 0.253 e. The number of nitrogens with zero attached hydrogens (tertiary/aromatic N) is 2. The minimum Gasteiger partial charge on any atom is -0.396 e. The average Bonchev–Trinajstić information content (AvgIpc) is 2.57. The lowest BCUT2D eigenvalue weighted by Crippen LogP contribution is -2.46. The van der Waals surface area contributed by atoms with Crippen molar-refractivity contribution in [2.75, 3.05) is 31.6 Å². The Labute approximate surface area is 136 Å². The molecule has 0 spiro atoms. The number of rotatable bonds is 2. The van der Waals surface area contributed by atoms with E-state index in [9.17, 15) is 14.7 Å². The second kappa shape index (κ2) is 5.96. The van der Waals surface area contributed by atoms with Gasteiger partial charge in [0.25, 0.3) is 5.91 Å². The topological polar surface area (TPSA) is 60.9 Å². The zero-order valence-corrected chi connectivity index (χ0v) is 13.8. The number of aliphatic hydroxyl groups is 1. The van der Waals surface area contributed by atoms with Crippen LogP contribution in [0.2, 0.25) is 0 Å². The molecule has 23 heavy (non-hydrogen) atoms. The summed E-state index contributed by atoms with van der Waals surface area (Å²) in [6.07, 6.45) is 3.05. The summed E-state index contributed by atoms with van der Waals surface area (Å²) in [4.78, 5) is 28.1. The van der Waals surface area contributed by atoms with Crippen molar-refractivity contribution in [3.63, 3.8) is 0 Å². The minimum absolute atomic E-state index is 0.0201. The molecule has 5 nitrogen and oxygen atoms in total. The number of aliphatic hydroxyl groups excluding tert-OH is 1. The van der Waals surface area contributed by atoms with Crippen LogP contribution in [0.5, 0.6) is 0 Å². The van der Waals surface area contributed by atoms with Crippen molar-refractivity contribution < 1.29 is 14.7 Å². The van der Waals surface area contributed by atoms with E-state index in [2.05, 4.69) is 0 Å². The number of carbonyl (C=O) groups is 2. The second-order valence-corrected chi connectivity index (χ2v) is 7.10. The highest BCUT2D eigenvalue weighted by Crippen LogP contribution is 2.31. The van der Waals surface area contributed by atoms with Crippen LogP contribution >= 0.6 is 0 Å². The largest absolute Gasteiger partial charge is 0.396 e. The van der Waals surface area contributed by atoms with Crippen LogP contribution in [0.1, 0.15) is 42.1 Å². The molecule has 2 aliphatic rings. The molecule has 1 fully saturated rings. The lowest BCUT2D eigenvalue weighted by atomic mass is 9.82. The van der Waals surface area contributed by atoms with Gasteiger partial charge in [0.2, 0.25) is 5.91 Å². The zero-order valence-electron chi connectivity index (χ0n) is 13.8. The Bertz CT molecular complexity index is 643. The summed E-state index contributed by atoms with van der Waals surface area (Å²) in [7, 11) is 1.78. The summed E-state index contributed by atoms with van der Waals surface area (Å²) < 4.78 is 0. The van der Waals surface area contributed by atoms with E-state index in [-0.39, 0.29) is 23.8 Å². The minimum atomic E-state index is -0.200. The first-order chi connectivity index (χ1) is 10.9. The standard InChI is InChI=1S/C18H24N2O3/c1-18(12-21)8-3-9-20(11-18)17(23)14-4-6-15-13(10-14)5-7-16(22)19(15)2/h4,6,10,21H,3,5,7-9,11-12H2,1-2H3. The number of hydrogen-bond acceptors (Lipinski definition) is 3. The van der Waals surface area contributed by atoms with Gasteiger partial charge < -0.3 is 14.9 Å². The van der Waals surface area contributed by atoms with Gasteiger partial charge >= 0.3 is 0 Å². The van der Waals surface area contributed by atoms with E-state index in [1.165, 1.54) is 0 Å². The molecule has 0 saturated carbocycles. The summed E-state index contributed by atoms with van der Waals surface area (Å²) in [6.45, 7) is 3.47. The maximum atomic E-state index is 12.8. The van der Waals surface area contributed by atoms with Crippen LogP contribution in [-0.4, -0.2) is 48.6 Å². The molecule has 2 amide bonds. The molecule has 3 rings (SSSR count). The van der Waals surface area contributed by atoms with E-state index in [0.717, 1.165) is 30.6 Å². The zero-order chi connectivity index (χ0) is 16.6. The van der Waals surface area contributed by atoms with Gasteiger partial charge in [-0.1, -0.05) is 6.92 Å². The van der Waals surface area contributed by atoms with E-state index >= 15 is 0 Å². The van der Waals surface area contributed by atoms with Gasteiger partial charge in [0, 0.05) is 43.2 Å². The highest BCUT2D eigenvalue weighted by atomic mass is 16.3. The molecular weight excluding hydrogens is 292 g/mol. The smallest absolute Gasteiger partial charge is 0.253 e. The summed E-state index contributed by atoms with van der Waals surface area (Å²) in [6, 6.07) is 5.60. The number of carbonyl (C=O) groups excluding carboxylic acids is 2. The molecule has 2 aliphatic heterocycles. The van der Waals surface area contributed by atoms with Crippen LogP contribution < -0.4 is 4.90 Å². The Kier molecular flexibility index (Phi) is 4.15. The molecule has 1 aromatic carbocycles. The highest BCUT2D eigenvalue weighted by molar-refractivity contribution is 5.99. The molecule has 1 aromatic rings. The molecular formula is C18H24N2O3. The van der Waals surface area contributed by atoms with E-state index < -0.39 is 0 Å². The van der Waals surface area contributed by atoms with Crippen LogP contribution in [0.15, 0.2) is 18.2 Å². The number of benzene rings is 1. The third-order valence-corrected chi connectivity index (χ3v) is 5.12. The van der Waals surface area contributed by atoms with Crippen molar-refractivity contribution in [1.29, 1.82) is 0 Å². The molecule has 0 aliphatic carbocycles. The Morgan fingerprint density at radius 3 is 2.87 bits per heavy atom. The quantitative estimate of drug-likeness (QED) is 0.905. The molecule has 0 bridgehead atoms. The lowest BCUT2D eigenvalue weighted by Gasteiger charge is -2.39. The summed E-state index contributed by atoms with van der Waals surface area (Å²) in [5.41, 5.74) is 2.43.